The summed E-state index contributed by atoms with van der Waals surface area (Å²) in [5.41, 5.74) is 0. The second-order valence-corrected chi connectivity index (χ2v) is 23.8. The summed E-state index contributed by atoms with van der Waals surface area (Å²) in [5.74, 6) is -0.863. The molecule has 0 spiro atoms. The molecule has 0 aromatic heterocycles. The van der Waals surface area contributed by atoms with Crippen LogP contribution in [0.3, 0.4) is 0 Å². The molecule has 6 heteroatoms. The highest BCUT2D eigenvalue weighted by atomic mass is 16.6. The van der Waals surface area contributed by atoms with Crippen LogP contribution in [-0.2, 0) is 28.6 Å². The van der Waals surface area contributed by atoms with Crippen LogP contribution in [-0.4, -0.2) is 37.2 Å². The molecule has 80 heavy (non-hydrogen) atoms. The lowest BCUT2D eigenvalue weighted by Crippen LogP contribution is -2.30. The molecule has 0 aliphatic heterocycles. The molecule has 0 fully saturated rings. The Kier molecular flexibility index (Phi) is 66.1. The van der Waals surface area contributed by atoms with Gasteiger partial charge >= 0.3 is 17.9 Å². The van der Waals surface area contributed by atoms with Gasteiger partial charge in [-0.05, 0) is 77.0 Å². The van der Waals surface area contributed by atoms with Gasteiger partial charge in [-0.1, -0.05) is 338 Å². The average Bonchev–Trinajstić information content (AvgIpc) is 3.46. The van der Waals surface area contributed by atoms with Crippen molar-refractivity contribution in [2.45, 2.75) is 380 Å². The summed E-state index contributed by atoms with van der Waals surface area (Å²) < 4.78 is 17.0. The predicted molar refractivity (Wildman–Crippen MR) is 348 cm³/mol. The molecular formula is C74H134O6. The van der Waals surface area contributed by atoms with Crippen molar-refractivity contribution in [2.24, 2.45) is 0 Å². The normalized spacial score (nSPS) is 12.4. The summed E-state index contributed by atoms with van der Waals surface area (Å²) in [6, 6.07) is 0. The van der Waals surface area contributed by atoms with Crippen LogP contribution in [0.4, 0.5) is 0 Å². The second-order valence-electron chi connectivity index (χ2n) is 23.8. The Labute approximate surface area is 498 Å². The fraction of sp³-hybridized carbons (Fsp3) is 0.824. The molecule has 0 radical (unpaired) electrons. The summed E-state index contributed by atoms with van der Waals surface area (Å²) in [7, 11) is 0. The lowest BCUT2D eigenvalue weighted by Gasteiger charge is -2.18. The third kappa shape index (κ3) is 65.9. The quantitative estimate of drug-likeness (QED) is 0.0261. The summed E-state index contributed by atoms with van der Waals surface area (Å²) in [4.78, 5) is 38.4. The molecule has 0 amide bonds. The molecule has 1 atom stereocenters. The Balaban J connectivity index is 4.18. The highest BCUT2D eigenvalue weighted by Crippen LogP contribution is 2.18. The maximum atomic E-state index is 12.9. The number of ether oxygens (including phenoxy) is 3. The SMILES string of the molecule is CC/C=C\C/C=C\C/C=C\C/C=C\CCCCCCCCCCCCCCC(=O)OC(COC(=O)CCCCCCC/C=C\CCCC)COC(=O)CCCCCCCCCCCCCCCCCCCCCCCCCCCC. The fourth-order valence-corrected chi connectivity index (χ4v) is 10.5. The Morgan fingerprint density at radius 1 is 0.263 bits per heavy atom. The van der Waals surface area contributed by atoms with Crippen LogP contribution in [0.5, 0.6) is 0 Å². The van der Waals surface area contributed by atoms with E-state index < -0.39 is 6.10 Å². The standard InChI is InChI=1S/C74H134O6/c1-4-7-10-13-16-19-22-24-26-28-30-32-34-36-38-39-41-43-45-47-49-52-55-58-61-64-67-73(76)79-70-71(69-78-72(75)66-63-60-57-54-51-21-18-15-12-9-6-3)80-74(77)68-65-62-59-56-53-50-48-46-44-42-40-37-35-33-31-29-27-25-23-20-17-14-11-8-5-2/h8,11,15,17-18,20,25,27,31,33,71H,4-7,9-10,12-14,16,19,21-24,26,28-30,32,34-70H2,1-3H3/b11-8-,18-15-,20-17-,27-25-,33-31-. The number of rotatable bonds is 65. The minimum Gasteiger partial charge on any atom is -0.462 e. The summed E-state index contributed by atoms with van der Waals surface area (Å²) in [6.45, 7) is 6.54. The second kappa shape index (κ2) is 68.6. The first-order valence-electron chi connectivity index (χ1n) is 35.3. The van der Waals surface area contributed by atoms with Crippen LogP contribution >= 0.6 is 0 Å². The van der Waals surface area contributed by atoms with Gasteiger partial charge in [0.15, 0.2) is 6.10 Å². The zero-order chi connectivity index (χ0) is 57.8. The van der Waals surface area contributed by atoms with E-state index in [2.05, 4.69) is 81.5 Å². The maximum Gasteiger partial charge on any atom is 0.306 e. The highest BCUT2D eigenvalue weighted by molar-refractivity contribution is 5.71. The van der Waals surface area contributed by atoms with Crippen molar-refractivity contribution in [2.75, 3.05) is 13.2 Å². The first kappa shape index (κ1) is 77.1. The monoisotopic (exact) mass is 1120 g/mol. The molecule has 1 unspecified atom stereocenters. The van der Waals surface area contributed by atoms with Crippen LogP contribution in [0.2, 0.25) is 0 Å². The van der Waals surface area contributed by atoms with Crippen molar-refractivity contribution in [1.82, 2.24) is 0 Å². The van der Waals surface area contributed by atoms with Gasteiger partial charge in [0.2, 0.25) is 0 Å². The summed E-state index contributed by atoms with van der Waals surface area (Å²) in [6.07, 6.45) is 88.3. The smallest absolute Gasteiger partial charge is 0.306 e. The van der Waals surface area contributed by atoms with E-state index in [0.717, 1.165) is 89.9 Å². The van der Waals surface area contributed by atoms with Crippen molar-refractivity contribution >= 4 is 17.9 Å². The number of hydrogen-bond acceptors (Lipinski definition) is 6. The molecule has 0 aliphatic carbocycles. The van der Waals surface area contributed by atoms with Gasteiger partial charge in [0.1, 0.15) is 13.2 Å². The predicted octanol–water partition coefficient (Wildman–Crippen LogP) is 24.3. The fourth-order valence-electron chi connectivity index (χ4n) is 10.5. The van der Waals surface area contributed by atoms with Crippen LogP contribution in [0.1, 0.15) is 374 Å². The number of esters is 3. The van der Waals surface area contributed by atoms with Crippen LogP contribution in [0.15, 0.2) is 60.8 Å². The van der Waals surface area contributed by atoms with E-state index in [0.29, 0.717) is 19.3 Å². The van der Waals surface area contributed by atoms with E-state index in [1.165, 1.54) is 244 Å². The molecule has 0 saturated heterocycles. The van der Waals surface area contributed by atoms with E-state index in [-0.39, 0.29) is 31.1 Å². The molecule has 0 aliphatic rings. The Morgan fingerprint density at radius 3 is 0.812 bits per heavy atom. The van der Waals surface area contributed by atoms with E-state index >= 15 is 0 Å². The molecular weight excluding hydrogens is 985 g/mol. The molecule has 0 bridgehead atoms. The van der Waals surface area contributed by atoms with E-state index in [9.17, 15) is 14.4 Å². The first-order valence-corrected chi connectivity index (χ1v) is 35.3. The largest absolute Gasteiger partial charge is 0.462 e. The third-order valence-corrected chi connectivity index (χ3v) is 15.8. The van der Waals surface area contributed by atoms with Gasteiger partial charge in [0, 0.05) is 19.3 Å². The van der Waals surface area contributed by atoms with Crippen molar-refractivity contribution in [3.8, 4) is 0 Å². The van der Waals surface area contributed by atoms with Gasteiger partial charge < -0.3 is 14.2 Å². The van der Waals surface area contributed by atoms with E-state index in [1.54, 1.807) is 0 Å². The molecule has 466 valence electrons. The maximum absolute atomic E-state index is 12.9. The minimum atomic E-state index is -0.778. The third-order valence-electron chi connectivity index (χ3n) is 15.8. The lowest BCUT2D eigenvalue weighted by molar-refractivity contribution is -0.167. The molecule has 0 N–H and O–H groups in total. The van der Waals surface area contributed by atoms with Gasteiger partial charge in [0.25, 0.3) is 0 Å². The summed E-state index contributed by atoms with van der Waals surface area (Å²) in [5, 5.41) is 0. The molecule has 0 aromatic rings. The van der Waals surface area contributed by atoms with E-state index in [4.69, 9.17) is 14.2 Å². The molecule has 6 nitrogen and oxygen atoms in total. The molecule has 0 saturated carbocycles. The molecule has 0 heterocycles. The lowest BCUT2D eigenvalue weighted by atomic mass is 10.0. The number of unbranched alkanes of at least 4 members (excludes halogenated alkanes) is 44. The zero-order valence-corrected chi connectivity index (χ0v) is 53.6. The van der Waals surface area contributed by atoms with Crippen LogP contribution in [0, 0.1) is 0 Å². The van der Waals surface area contributed by atoms with Crippen LogP contribution in [0.25, 0.3) is 0 Å². The molecule has 0 aromatic carbocycles. The Morgan fingerprint density at radius 2 is 0.500 bits per heavy atom. The number of carbonyl (C=O) groups is 3. The first-order chi connectivity index (χ1) is 39.5. The van der Waals surface area contributed by atoms with Crippen molar-refractivity contribution in [3.63, 3.8) is 0 Å². The number of allylic oxidation sites excluding steroid dienone is 10. The number of hydrogen-bond donors (Lipinski definition) is 0. The van der Waals surface area contributed by atoms with Gasteiger partial charge in [-0.3, -0.25) is 14.4 Å². The Hall–Kier alpha value is -2.89. The van der Waals surface area contributed by atoms with E-state index in [1.807, 2.05) is 0 Å². The minimum absolute atomic E-state index is 0.0732. The zero-order valence-electron chi connectivity index (χ0n) is 53.6. The average molecular weight is 1120 g/mol. The van der Waals surface area contributed by atoms with Gasteiger partial charge in [-0.25, -0.2) is 0 Å². The van der Waals surface area contributed by atoms with Gasteiger partial charge in [-0.2, -0.15) is 0 Å². The molecule has 0 rings (SSSR count). The van der Waals surface area contributed by atoms with Crippen molar-refractivity contribution in [3.05, 3.63) is 60.8 Å². The van der Waals surface area contributed by atoms with Gasteiger partial charge in [-0.15, -0.1) is 0 Å². The number of carbonyl (C=O) groups excluding carboxylic acids is 3. The summed E-state index contributed by atoms with van der Waals surface area (Å²) >= 11 is 0. The Bertz CT molecular complexity index is 1430. The highest BCUT2D eigenvalue weighted by Gasteiger charge is 2.19. The van der Waals surface area contributed by atoms with Crippen molar-refractivity contribution in [1.29, 1.82) is 0 Å². The van der Waals surface area contributed by atoms with Crippen molar-refractivity contribution < 1.29 is 28.6 Å². The van der Waals surface area contributed by atoms with Gasteiger partial charge in [0.05, 0.1) is 0 Å². The van der Waals surface area contributed by atoms with Crippen LogP contribution < -0.4 is 0 Å². The topological polar surface area (TPSA) is 78.9 Å².